The van der Waals surface area contributed by atoms with Gasteiger partial charge in [-0.05, 0) is 49.9 Å². The van der Waals surface area contributed by atoms with Crippen LogP contribution in [0.25, 0.3) is 0 Å². The van der Waals surface area contributed by atoms with Crippen LogP contribution in [-0.2, 0) is 12.8 Å². The van der Waals surface area contributed by atoms with E-state index in [9.17, 15) is 0 Å². The van der Waals surface area contributed by atoms with Crippen LogP contribution >= 0.6 is 0 Å². The lowest BCUT2D eigenvalue weighted by atomic mass is 9.99. The van der Waals surface area contributed by atoms with Crippen LogP contribution < -0.4 is 22.9 Å². The molecule has 1 aromatic rings. The van der Waals surface area contributed by atoms with Gasteiger partial charge in [-0.25, -0.2) is 0 Å². The zero-order valence-electron chi connectivity index (χ0n) is 11.0. The maximum Gasteiger partial charge on any atom is 0.00913 e. The normalized spacial score (nSPS) is 14.4. The summed E-state index contributed by atoms with van der Waals surface area (Å²) in [6, 6.07) is 8.81. The molecule has 0 aromatic heterocycles. The molecule has 2 unspecified atom stereocenters. The van der Waals surface area contributed by atoms with E-state index in [0.717, 1.165) is 25.7 Å². The van der Waals surface area contributed by atoms with E-state index in [1.807, 2.05) is 0 Å². The van der Waals surface area contributed by atoms with Crippen LogP contribution in [0.2, 0.25) is 0 Å². The summed E-state index contributed by atoms with van der Waals surface area (Å²) in [6.07, 6.45) is 3.49. The van der Waals surface area contributed by atoms with Crippen LogP contribution in [0.5, 0.6) is 0 Å². The number of benzene rings is 1. The fourth-order valence-electron chi connectivity index (χ4n) is 2.05. The predicted molar refractivity (Wildman–Crippen MR) is 77.1 cm³/mol. The summed E-state index contributed by atoms with van der Waals surface area (Å²) in [5.74, 6) is 0. The third-order valence-corrected chi connectivity index (χ3v) is 3.09. The molecule has 0 saturated heterocycles. The molecule has 0 bridgehead atoms. The monoisotopic (exact) mass is 250 g/mol. The van der Waals surface area contributed by atoms with Crippen molar-refractivity contribution in [2.75, 3.05) is 13.1 Å². The lowest BCUT2D eigenvalue weighted by Crippen LogP contribution is -2.26. The second-order valence-electron chi connectivity index (χ2n) is 4.90. The first-order chi connectivity index (χ1) is 8.65. The Balaban J connectivity index is 2.46. The van der Waals surface area contributed by atoms with E-state index < -0.39 is 0 Å². The number of nitrogens with two attached hydrogens (primary N) is 4. The Labute approximate surface area is 110 Å². The molecule has 0 heterocycles. The van der Waals surface area contributed by atoms with Crippen molar-refractivity contribution >= 4 is 0 Å². The molecule has 102 valence electrons. The van der Waals surface area contributed by atoms with E-state index in [0.29, 0.717) is 13.1 Å². The van der Waals surface area contributed by atoms with Crippen LogP contribution in [0.3, 0.4) is 0 Å². The zero-order chi connectivity index (χ0) is 13.4. The summed E-state index contributed by atoms with van der Waals surface area (Å²) < 4.78 is 0. The van der Waals surface area contributed by atoms with Gasteiger partial charge in [-0.3, -0.25) is 0 Å². The Hall–Kier alpha value is -0.940. The molecule has 0 aliphatic carbocycles. The van der Waals surface area contributed by atoms with Crippen LogP contribution in [-0.4, -0.2) is 25.2 Å². The van der Waals surface area contributed by atoms with Gasteiger partial charge in [-0.2, -0.15) is 0 Å². The highest BCUT2D eigenvalue weighted by atomic mass is 14.7. The fourth-order valence-corrected chi connectivity index (χ4v) is 2.05. The quantitative estimate of drug-likeness (QED) is 0.526. The largest absolute Gasteiger partial charge is 0.330 e. The molecule has 4 heteroatoms. The second-order valence-corrected chi connectivity index (χ2v) is 4.90. The maximum atomic E-state index is 5.96. The highest BCUT2D eigenvalue weighted by Crippen LogP contribution is 2.09. The van der Waals surface area contributed by atoms with Gasteiger partial charge in [0.05, 0.1) is 0 Å². The molecule has 0 aliphatic heterocycles. The summed E-state index contributed by atoms with van der Waals surface area (Å²) in [7, 11) is 0. The molecule has 0 spiro atoms. The average Bonchev–Trinajstić information content (AvgIpc) is 2.32. The number of rotatable bonds is 8. The fraction of sp³-hybridized carbons (Fsp3) is 0.571. The van der Waals surface area contributed by atoms with E-state index in [1.54, 1.807) is 0 Å². The van der Waals surface area contributed by atoms with Gasteiger partial charge in [0.2, 0.25) is 0 Å². The molecular weight excluding hydrogens is 224 g/mol. The van der Waals surface area contributed by atoms with Crippen molar-refractivity contribution in [1.82, 2.24) is 0 Å². The van der Waals surface area contributed by atoms with Gasteiger partial charge in [0.25, 0.3) is 0 Å². The predicted octanol–water partition coefficient (Wildman–Crippen LogP) is 0.124. The van der Waals surface area contributed by atoms with E-state index in [2.05, 4.69) is 24.3 Å². The van der Waals surface area contributed by atoms with Crippen molar-refractivity contribution in [3.8, 4) is 0 Å². The Kier molecular flexibility index (Phi) is 6.90. The van der Waals surface area contributed by atoms with Gasteiger partial charge in [-0.15, -0.1) is 0 Å². The topological polar surface area (TPSA) is 104 Å². The van der Waals surface area contributed by atoms with Crippen LogP contribution in [0, 0.1) is 0 Å². The summed E-state index contributed by atoms with van der Waals surface area (Å²) >= 11 is 0. The van der Waals surface area contributed by atoms with Gasteiger partial charge in [0.1, 0.15) is 0 Å². The lowest BCUT2D eigenvalue weighted by Gasteiger charge is -2.12. The summed E-state index contributed by atoms with van der Waals surface area (Å²) in [5, 5.41) is 0. The summed E-state index contributed by atoms with van der Waals surface area (Å²) in [6.45, 7) is 1.29. The molecular formula is C14H26N4. The molecule has 2 atom stereocenters. The van der Waals surface area contributed by atoms with Crippen molar-refractivity contribution in [3.05, 3.63) is 35.4 Å². The first-order valence-corrected chi connectivity index (χ1v) is 6.64. The second kappa shape index (κ2) is 8.21. The molecule has 1 aromatic carbocycles. The third kappa shape index (κ3) is 5.60. The molecule has 0 radical (unpaired) electrons. The zero-order valence-corrected chi connectivity index (χ0v) is 11.0. The van der Waals surface area contributed by atoms with Gasteiger partial charge in [0.15, 0.2) is 0 Å². The highest BCUT2D eigenvalue weighted by molar-refractivity contribution is 5.24. The van der Waals surface area contributed by atoms with Crippen molar-refractivity contribution in [2.24, 2.45) is 22.9 Å². The lowest BCUT2D eigenvalue weighted by molar-refractivity contribution is 0.614. The van der Waals surface area contributed by atoms with Crippen molar-refractivity contribution in [3.63, 3.8) is 0 Å². The standard InChI is InChI=1S/C14H26N4/c15-7-5-13(17)9-11-1-2-12(4-3-11)10-14(18)6-8-16/h1-4,13-14H,5-10,15-18H2. The van der Waals surface area contributed by atoms with E-state index in [1.165, 1.54) is 11.1 Å². The minimum Gasteiger partial charge on any atom is -0.330 e. The van der Waals surface area contributed by atoms with Gasteiger partial charge < -0.3 is 22.9 Å². The smallest absolute Gasteiger partial charge is 0.00913 e. The van der Waals surface area contributed by atoms with E-state index >= 15 is 0 Å². The van der Waals surface area contributed by atoms with Crippen molar-refractivity contribution in [1.29, 1.82) is 0 Å². The minimum atomic E-state index is 0.153. The molecule has 0 saturated carbocycles. The Bertz CT molecular complexity index is 290. The molecule has 0 aliphatic rings. The Morgan fingerprint density at radius 2 is 1.06 bits per heavy atom. The summed E-state index contributed by atoms with van der Waals surface area (Å²) in [5.41, 5.74) is 25.4. The molecule has 0 amide bonds. The molecule has 8 N–H and O–H groups in total. The minimum absolute atomic E-state index is 0.153. The van der Waals surface area contributed by atoms with Crippen molar-refractivity contribution < 1.29 is 0 Å². The van der Waals surface area contributed by atoms with Gasteiger partial charge in [-0.1, -0.05) is 24.3 Å². The van der Waals surface area contributed by atoms with E-state index in [-0.39, 0.29) is 12.1 Å². The van der Waals surface area contributed by atoms with Crippen LogP contribution in [0.1, 0.15) is 24.0 Å². The van der Waals surface area contributed by atoms with Crippen LogP contribution in [0.15, 0.2) is 24.3 Å². The number of hydrogen-bond acceptors (Lipinski definition) is 4. The highest BCUT2D eigenvalue weighted by Gasteiger charge is 2.05. The van der Waals surface area contributed by atoms with Gasteiger partial charge in [0, 0.05) is 12.1 Å². The third-order valence-electron chi connectivity index (χ3n) is 3.09. The maximum absolute atomic E-state index is 5.96. The first-order valence-electron chi connectivity index (χ1n) is 6.64. The van der Waals surface area contributed by atoms with E-state index in [4.69, 9.17) is 22.9 Å². The molecule has 4 nitrogen and oxygen atoms in total. The molecule has 1 rings (SSSR count). The van der Waals surface area contributed by atoms with Gasteiger partial charge >= 0.3 is 0 Å². The first kappa shape index (κ1) is 15.1. The summed E-state index contributed by atoms with van der Waals surface area (Å²) in [4.78, 5) is 0. The Morgan fingerprint density at radius 1 is 0.722 bits per heavy atom. The Morgan fingerprint density at radius 3 is 1.33 bits per heavy atom. The molecule has 0 fully saturated rings. The SMILES string of the molecule is NCCC(N)Cc1ccc(CC(N)CCN)cc1. The van der Waals surface area contributed by atoms with Crippen molar-refractivity contribution in [2.45, 2.75) is 37.8 Å². The average molecular weight is 250 g/mol. The molecule has 18 heavy (non-hydrogen) atoms. The van der Waals surface area contributed by atoms with Crippen LogP contribution in [0.4, 0.5) is 0 Å². The number of hydrogen-bond donors (Lipinski definition) is 4.